The summed E-state index contributed by atoms with van der Waals surface area (Å²) in [7, 11) is -2.20. The molecule has 258 valence electrons. The monoisotopic (exact) mass is 893 g/mol. The van der Waals surface area contributed by atoms with E-state index in [4.69, 9.17) is 9.05 Å². The minimum absolute atomic E-state index is 0. The molecule has 1 aromatic heterocycles. The number of rotatable bonds is 8. The topological polar surface area (TPSA) is 31.4 Å². The Bertz CT molecular complexity index is 1810. The summed E-state index contributed by atoms with van der Waals surface area (Å²) in [6.45, 7) is 1.96. The van der Waals surface area contributed by atoms with Gasteiger partial charge in [0.05, 0.1) is 13.7 Å². The number of para-hydroxylation sites is 2. The summed E-state index contributed by atoms with van der Waals surface area (Å²) in [5.74, 6) is 0.288. The molecule has 0 aliphatic heterocycles. The molecule has 0 bridgehead atoms. The number of pyridine rings is 1. The Kier molecular flexibility index (Phi) is 17.9. The van der Waals surface area contributed by atoms with Crippen LogP contribution >= 0.6 is 16.3 Å². The molecule has 1 heterocycles. The molecule has 0 aliphatic rings. The Hall–Kier alpha value is -4.56. The van der Waals surface area contributed by atoms with Crippen molar-refractivity contribution in [2.45, 2.75) is 0 Å². The first-order valence-corrected chi connectivity index (χ1v) is 18.9. The van der Waals surface area contributed by atoms with Crippen LogP contribution in [0.25, 0.3) is 11.3 Å². The van der Waals surface area contributed by atoms with Crippen LogP contribution in [-0.2, 0) is 20.1 Å². The van der Waals surface area contributed by atoms with Crippen LogP contribution in [0, 0.1) is 31.2 Å². The Balaban J connectivity index is 0.000000205. The minimum Gasteiger partial charge on any atom is -0.358 e. The molecule has 3 nitrogen and oxygen atoms in total. The zero-order chi connectivity index (χ0) is 34.1. The van der Waals surface area contributed by atoms with Gasteiger partial charge in [-0.05, 0) is 60.3 Å². The Morgan fingerprint density at radius 1 is 0.588 bits per heavy atom. The summed E-state index contributed by atoms with van der Waals surface area (Å²) in [5.41, 5.74) is 0.636. The fraction of sp³-hybridized carbons (Fsp3) is 0.0233. The van der Waals surface area contributed by atoms with E-state index in [0.717, 1.165) is 23.6 Å². The summed E-state index contributed by atoms with van der Waals surface area (Å²) in [5, 5.41) is 4.31. The first-order valence-electron chi connectivity index (χ1n) is 15.6. The van der Waals surface area contributed by atoms with Crippen molar-refractivity contribution in [3.8, 4) is 22.8 Å². The van der Waals surface area contributed by atoms with E-state index in [9.17, 15) is 8.78 Å². The van der Waals surface area contributed by atoms with Crippen LogP contribution < -0.4 is 25.0 Å². The van der Waals surface area contributed by atoms with E-state index in [1.165, 1.54) is 15.9 Å². The van der Waals surface area contributed by atoms with Crippen molar-refractivity contribution < 1.29 is 37.9 Å². The van der Waals surface area contributed by atoms with Gasteiger partial charge in [0, 0.05) is 17.8 Å². The number of benzene rings is 6. The Morgan fingerprint density at radius 3 is 1.57 bits per heavy atom. The second-order valence-electron chi connectivity index (χ2n) is 10.5. The molecule has 0 aliphatic carbocycles. The third-order valence-corrected chi connectivity index (χ3v) is 10.7. The normalized spacial score (nSPS) is 10.4. The van der Waals surface area contributed by atoms with E-state index < -0.39 is 27.9 Å². The van der Waals surface area contributed by atoms with Crippen molar-refractivity contribution in [1.82, 2.24) is 4.98 Å². The van der Waals surface area contributed by atoms with Crippen molar-refractivity contribution in [2.75, 3.05) is 6.66 Å². The van der Waals surface area contributed by atoms with Gasteiger partial charge in [0.2, 0.25) is 0 Å². The third-order valence-electron chi connectivity index (χ3n) is 6.91. The second-order valence-corrected chi connectivity index (χ2v) is 14.3. The van der Waals surface area contributed by atoms with Crippen molar-refractivity contribution in [3.63, 3.8) is 0 Å². The van der Waals surface area contributed by atoms with Crippen molar-refractivity contribution in [3.05, 3.63) is 213 Å². The maximum Gasteiger partial charge on any atom is 3.00 e. The fourth-order valence-corrected chi connectivity index (χ4v) is 8.26. The molecule has 0 saturated carbocycles. The zero-order valence-corrected chi connectivity index (χ0v) is 32.6. The molecular formula is C43H38F2IrNO2P2+2. The summed E-state index contributed by atoms with van der Waals surface area (Å²) in [4.78, 5) is 3.95. The molecule has 0 radical (unpaired) electrons. The molecule has 6 aromatic carbocycles. The van der Waals surface area contributed by atoms with Crippen LogP contribution in [-0.4, -0.2) is 11.6 Å². The summed E-state index contributed by atoms with van der Waals surface area (Å²) < 4.78 is 37.1. The van der Waals surface area contributed by atoms with Crippen LogP contribution in [0.3, 0.4) is 0 Å². The quantitative estimate of drug-likeness (QED) is 0.113. The van der Waals surface area contributed by atoms with E-state index in [1.807, 2.05) is 61.3 Å². The van der Waals surface area contributed by atoms with E-state index in [-0.39, 0.29) is 33.1 Å². The van der Waals surface area contributed by atoms with Gasteiger partial charge in [0.1, 0.15) is 22.6 Å². The van der Waals surface area contributed by atoms with E-state index in [0.29, 0.717) is 5.69 Å². The largest absolute Gasteiger partial charge is 3.00 e. The molecule has 8 heteroatoms. The summed E-state index contributed by atoms with van der Waals surface area (Å²) >= 11 is 0. The van der Waals surface area contributed by atoms with Crippen molar-refractivity contribution in [1.29, 1.82) is 0 Å². The molecule has 1 atom stereocenters. The van der Waals surface area contributed by atoms with Gasteiger partial charge in [-0.1, -0.05) is 96.6 Å². The van der Waals surface area contributed by atoms with Gasteiger partial charge < -0.3 is 21.5 Å². The fourth-order valence-electron chi connectivity index (χ4n) is 4.74. The van der Waals surface area contributed by atoms with Gasteiger partial charge in [-0.25, -0.2) is 0 Å². The third kappa shape index (κ3) is 13.3. The molecule has 0 N–H and O–H groups in total. The molecule has 51 heavy (non-hydrogen) atoms. The molecule has 1 unspecified atom stereocenters. The number of nitrogens with zero attached hydrogens (tertiary/aromatic N) is 1. The van der Waals surface area contributed by atoms with Gasteiger partial charge in [0.25, 0.3) is 0 Å². The Labute approximate surface area is 316 Å². The molecule has 0 amide bonds. The molecule has 0 fully saturated rings. The van der Waals surface area contributed by atoms with Crippen LogP contribution in [0.5, 0.6) is 11.5 Å². The molecular weight excluding hydrogens is 855 g/mol. The molecule has 0 saturated heterocycles. The van der Waals surface area contributed by atoms with Gasteiger partial charge in [-0.15, -0.1) is 24.3 Å². The van der Waals surface area contributed by atoms with Gasteiger partial charge >= 0.3 is 28.5 Å². The predicted octanol–water partition coefficient (Wildman–Crippen LogP) is 10.1. The molecule has 0 spiro atoms. The predicted molar refractivity (Wildman–Crippen MR) is 209 cm³/mol. The van der Waals surface area contributed by atoms with Gasteiger partial charge in [-0.2, -0.15) is 18.2 Å². The van der Waals surface area contributed by atoms with E-state index >= 15 is 0 Å². The number of hydrogen-bond acceptors (Lipinski definition) is 3. The average molecular weight is 893 g/mol. The maximum absolute atomic E-state index is 13.2. The summed E-state index contributed by atoms with van der Waals surface area (Å²) in [6, 6.07) is 62.3. The van der Waals surface area contributed by atoms with E-state index in [2.05, 4.69) is 108 Å². The van der Waals surface area contributed by atoms with Crippen LogP contribution in [0.15, 0.2) is 182 Å². The zero-order valence-electron chi connectivity index (χ0n) is 28.2. The Morgan fingerprint density at radius 2 is 1.10 bits per heavy atom. The van der Waals surface area contributed by atoms with Crippen molar-refractivity contribution in [2.24, 2.45) is 0 Å². The number of halogens is 2. The van der Waals surface area contributed by atoms with Crippen LogP contribution in [0.2, 0.25) is 0 Å². The second kappa shape index (κ2) is 22.3. The summed E-state index contributed by atoms with van der Waals surface area (Å²) in [6.07, 6.45) is 1.55. The minimum atomic E-state index is -1.33. The molecule has 7 aromatic rings. The first-order chi connectivity index (χ1) is 24.1. The van der Waals surface area contributed by atoms with Crippen LogP contribution in [0.1, 0.15) is 0 Å². The van der Waals surface area contributed by atoms with Crippen molar-refractivity contribution >= 4 is 32.2 Å². The smallest absolute Gasteiger partial charge is 0.358 e. The average Bonchev–Trinajstić information content (AvgIpc) is 3.15. The standard InChI is InChI=1S/C18H15P.C13H12O2P.C11H6F2N.CH3.Ir/c1-4-10-16(11-5-1)19(17-12-6-2-7-13-17)18-14-8-3-9-15-18;1-16(14-12-8-4-2-5-9-12)15-13-10-6-3-7-11-13;12-8-4-5-9(10(13)7-8)11-3-1-2-6-14-11;;/h1-15H;2-10H,1H3;1-4,6-7H;1H3;/q;3*-1;+3/p+2. The van der Waals surface area contributed by atoms with E-state index in [1.54, 1.807) is 24.4 Å². The van der Waals surface area contributed by atoms with Crippen LogP contribution in [0.4, 0.5) is 8.78 Å². The molecule has 7 rings (SSSR count). The first kappa shape index (κ1) is 40.9. The van der Waals surface area contributed by atoms with Gasteiger partial charge in [0.15, 0.2) is 5.75 Å². The van der Waals surface area contributed by atoms with Gasteiger partial charge in [-0.3, -0.25) is 8.78 Å². The number of hydrogen-bond donors (Lipinski definition) is 0. The maximum atomic E-state index is 13.2. The SMILES string of the molecule is C[PH+](Oc1[c-]cccc1)Oc1ccccc1.Fc1c[c-]c(-c2ccccn2)c(F)c1.[CH3-].[Ir+3].c1ccc([PH+](c2ccccc2)c2ccccc2)cc1. The number of aromatic nitrogens is 1.